The molecule has 6 rings (SSSR count). The molecule has 0 saturated heterocycles. The van der Waals surface area contributed by atoms with E-state index in [1.807, 2.05) is 23.7 Å². The molecule has 2 saturated carbocycles. The summed E-state index contributed by atoms with van der Waals surface area (Å²) in [4.78, 5) is 15.3. The third kappa shape index (κ3) is 5.22. The molecule has 0 atom stereocenters. The van der Waals surface area contributed by atoms with Crippen molar-refractivity contribution in [3.63, 3.8) is 0 Å². The van der Waals surface area contributed by atoms with Crippen LogP contribution < -0.4 is 15.0 Å². The quantitative estimate of drug-likeness (QED) is 0.304. The van der Waals surface area contributed by atoms with Crippen molar-refractivity contribution in [1.82, 2.24) is 20.1 Å². The second kappa shape index (κ2) is 10.8. The summed E-state index contributed by atoms with van der Waals surface area (Å²) in [6, 6.07) is 8.24. The first kappa shape index (κ1) is 29.4. The molecule has 3 aliphatic rings. The highest BCUT2D eigenvalue weighted by atomic mass is 19.4. The first-order valence-corrected chi connectivity index (χ1v) is 14.5. The SMILES string of the molecule is C=CCOc1cc(N2Cc3c(cc(CNC4(C)CCC4)cc3C(F)(F)F)C2=O)cc(C2(c3nncn3C)CC(OC)C2)c1. The number of fused-ring (bicyclic) bond motifs is 1. The van der Waals surface area contributed by atoms with Crippen LogP contribution in [-0.4, -0.2) is 46.0 Å². The third-order valence-corrected chi connectivity index (χ3v) is 9.33. The lowest BCUT2D eigenvalue weighted by Crippen LogP contribution is -2.48. The Morgan fingerprint density at radius 2 is 1.95 bits per heavy atom. The summed E-state index contributed by atoms with van der Waals surface area (Å²) in [6.07, 6.45) is 2.94. The number of hydrogen-bond acceptors (Lipinski definition) is 6. The highest BCUT2D eigenvalue weighted by Gasteiger charge is 2.51. The lowest BCUT2D eigenvalue weighted by atomic mass is 9.62. The predicted molar refractivity (Wildman–Crippen MR) is 155 cm³/mol. The van der Waals surface area contributed by atoms with E-state index in [1.54, 1.807) is 31.6 Å². The number of carbonyl (C=O) groups excluding carboxylic acids is 1. The summed E-state index contributed by atoms with van der Waals surface area (Å²) in [5, 5.41) is 11.9. The van der Waals surface area contributed by atoms with Crippen LogP contribution >= 0.6 is 0 Å². The van der Waals surface area contributed by atoms with Gasteiger partial charge in [0.25, 0.3) is 5.91 Å². The molecular formula is C32H36F3N5O3. The molecule has 2 aromatic carbocycles. The molecule has 3 aromatic rings. The molecule has 1 amide bonds. The number of ether oxygens (including phenoxy) is 2. The maximum absolute atomic E-state index is 14.4. The molecule has 0 radical (unpaired) electrons. The zero-order valence-electron chi connectivity index (χ0n) is 24.6. The van der Waals surface area contributed by atoms with Gasteiger partial charge < -0.3 is 24.3 Å². The zero-order valence-corrected chi connectivity index (χ0v) is 24.6. The Morgan fingerprint density at radius 3 is 2.56 bits per heavy atom. The van der Waals surface area contributed by atoms with E-state index in [0.29, 0.717) is 29.8 Å². The number of anilines is 1. The second-order valence-electron chi connectivity index (χ2n) is 12.3. The minimum absolute atomic E-state index is 0.000794. The molecule has 11 heteroatoms. The average Bonchev–Trinajstić information content (AvgIpc) is 3.51. The monoisotopic (exact) mass is 595 g/mol. The van der Waals surface area contributed by atoms with Crippen LogP contribution in [0.25, 0.3) is 0 Å². The summed E-state index contributed by atoms with van der Waals surface area (Å²) >= 11 is 0. The molecule has 0 unspecified atom stereocenters. The van der Waals surface area contributed by atoms with Crippen molar-refractivity contribution >= 4 is 11.6 Å². The van der Waals surface area contributed by atoms with Crippen molar-refractivity contribution in [3.05, 3.63) is 83.0 Å². The van der Waals surface area contributed by atoms with Crippen LogP contribution in [0.3, 0.4) is 0 Å². The van der Waals surface area contributed by atoms with Crippen molar-refractivity contribution in [2.45, 2.75) is 75.4 Å². The summed E-state index contributed by atoms with van der Waals surface area (Å²) in [6.45, 7) is 6.09. The van der Waals surface area contributed by atoms with Gasteiger partial charge in [0.05, 0.1) is 23.6 Å². The Labute approximate surface area is 248 Å². The molecule has 1 aromatic heterocycles. The summed E-state index contributed by atoms with van der Waals surface area (Å²) in [5.41, 5.74) is 0.362. The maximum Gasteiger partial charge on any atom is 0.416 e. The van der Waals surface area contributed by atoms with Crippen LogP contribution in [0.5, 0.6) is 5.75 Å². The van der Waals surface area contributed by atoms with E-state index in [9.17, 15) is 18.0 Å². The van der Waals surface area contributed by atoms with Crippen LogP contribution in [0.2, 0.25) is 0 Å². The number of hydrogen-bond donors (Lipinski definition) is 1. The van der Waals surface area contributed by atoms with E-state index < -0.39 is 23.1 Å². The van der Waals surface area contributed by atoms with E-state index in [0.717, 1.165) is 30.7 Å². The number of alkyl halides is 3. The van der Waals surface area contributed by atoms with Gasteiger partial charge in [0, 0.05) is 43.6 Å². The number of amides is 1. The number of halogens is 3. The van der Waals surface area contributed by atoms with Crippen molar-refractivity contribution in [1.29, 1.82) is 0 Å². The van der Waals surface area contributed by atoms with Gasteiger partial charge >= 0.3 is 6.18 Å². The van der Waals surface area contributed by atoms with E-state index in [4.69, 9.17) is 9.47 Å². The smallest absolute Gasteiger partial charge is 0.416 e. The molecule has 0 spiro atoms. The van der Waals surface area contributed by atoms with Gasteiger partial charge in [-0.1, -0.05) is 12.7 Å². The average molecular weight is 596 g/mol. The van der Waals surface area contributed by atoms with Gasteiger partial charge in [-0.25, -0.2) is 0 Å². The van der Waals surface area contributed by atoms with Gasteiger partial charge in [-0.05, 0) is 80.0 Å². The van der Waals surface area contributed by atoms with Gasteiger partial charge in [0.1, 0.15) is 24.5 Å². The van der Waals surface area contributed by atoms with Crippen LogP contribution in [0.15, 0.2) is 49.3 Å². The summed E-state index contributed by atoms with van der Waals surface area (Å²) in [7, 11) is 3.53. The maximum atomic E-state index is 14.4. The predicted octanol–water partition coefficient (Wildman–Crippen LogP) is 5.69. The molecule has 2 aliphatic carbocycles. The van der Waals surface area contributed by atoms with Gasteiger partial charge in [-0.2, -0.15) is 13.2 Å². The first-order valence-electron chi connectivity index (χ1n) is 14.5. The molecule has 228 valence electrons. The molecule has 1 N–H and O–H groups in total. The zero-order chi connectivity index (χ0) is 30.6. The second-order valence-corrected chi connectivity index (χ2v) is 12.3. The fourth-order valence-electron chi connectivity index (χ4n) is 6.63. The number of aromatic nitrogens is 3. The number of benzene rings is 2. The minimum atomic E-state index is -4.60. The molecule has 43 heavy (non-hydrogen) atoms. The largest absolute Gasteiger partial charge is 0.489 e. The number of methoxy groups -OCH3 is 1. The summed E-state index contributed by atoms with van der Waals surface area (Å²) < 4.78 is 56.5. The van der Waals surface area contributed by atoms with Crippen molar-refractivity contribution < 1.29 is 27.4 Å². The van der Waals surface area contributed by atoms with E-state index >= 15 is 0 Å². The number of carbonyl (C=O) groups is 1. The third-order valence-electron chi connectivity index (χ3n) is 9.33. The van der Waals surface area contributed by atoms with Crippen molar-refractivity contribution in [3.8, 4) is 5.75 Å². The van der Waals surface area contributed by atoms with Crippen LogP contribution in [0, 0.1) is 0 Å². The summed E-state index contributed by atoms with van der Waals surface area (Å²) in [5.74, 6) is 0.744. The molecule has 1 aliphatic heterocycles. The molecule has 2 fully saturated rings. The Hall–Kier alpha value is -3.70. The van der Waals surface area contributed by atoms with Crippen LogP contribution in [0.1, 0.15) is 77.5 Å². The van der Waals surface area contributed by atoms with Gasteiger partial charge in [0.15, 0.2) is 0 Å². The van der Waals surface area contributed by atoms with Crippen molar-refractivity contribution in [2.75, 3.05) is 18.6 Å². The fraction of sp³-hybridized carbons (Fsp3) is 0.469. The number of nitrogens with zero attached hydrogens (tertiary/aromatic N) is 4. The number of rotatable bonds is 10. The van der Waals surface area contributed by atoms with Crippen LogP contribution in [0.4, 0.5) is 18.9 Å². The van der Waals surface area contributed by atoms with Gasteiger partial charge in [0.2, 0.25) is 0 Å². The molecule has 8 nitrogen and oxygen atoms in total. The highest BCUT2D eigenvalue weighted by molar-refractivity contribution is 6.10. The van der Waals surface area contributed by atoms with E-state index in [1.165, 1.54) is 11.0 Å². The normalized spacial score (nSPS) is 22.6. The first-order chi connectivity index (χ1) is 20.5. The Morgan fingerprint density at radius 1 is 1.19 bits per heavy atom. The topological polar surface area (TPSA) is 81.5 Å². The molecule has 2 heterocycles. The lowest BCUT2D eigenvalue weighted by Gasteiger charge is -2.46. The van der Waals surface area contributed by atoms with Gasteiger partial charge in [-0.3, -0.25) is 4.79 Å². The van der Waals surface area contributed by atoms with Gasteiger partial charge in [-0.15, -0.1) is 10.2 Å². The molecular weight excluding hydrogens is 559 g/mol. The van der Waals surface area contributed by atoms with E-state index in [2.05, 4.69) is 29.0 Å². The van der Waals surface area contributed by atoms with Crippen molar-refractivity contribution in [2.24, 2.45) is 7.05 Å². The fourth-order valence-corrected chi connectivity index (χ4v) is 6.63. The molecule has 0 bridgehead atoms. The number of nitrogens with one attached hydrogen (secondary N) is 1. The van der Waals surface area contributed by atoms with Crippen LogP contribution in [-0.2, 0) is 36.5 Å². The Balaban J connectivity index is 1.40. The Kier molecular flexibility index (Phi) is 7.37. The Bertz CT molecular complexity index is 1560. The standard InChI is InChI=1S/C32H36F3N5O3/c1-5-9-43-23-13-21(31(15-24(16-31)42-4)29-38-37-19-39(29)3)12-22(14-23)40-18-26-25(28(40)41)10-20(11-27(26)32(33,34)35)17-36-30(2)7-6-8-30/h5,10-14,19,24,36H,1,6-9,15-18H2,2-4H3. The van der Waals surface area contributed by atoms with E-state index in [-0.39, 0.29) is 42.5 Å². The highest BCUT2D eigenvalue weighted by Crippen LogP contribution is 2.51. The minimum Gasteiger partial charge on any atom is -0.489 e. The lowest BCUT2D eigenvalue weighted by molar-refractivity contribution is -0.138. The number of aryl methyl sites for hydroxylation is 1.